The molecule has 1 N–H and O–H groups in total. The highest BCUT2D eigenvalue weighted by Crippen LogP contribution is 2.20. The van der Waals surface area contributed by atoms with Crippen LogP contribution in [0.15, 0.2) is 24.3 Å². The summed E-state index contributed by atoms with van der Waals surface area (Å²) in [5.41, 5.74) is 1.23. The maximum absolute atomic E-state index is 12.1. The van der Waals surface area contributed by atoms with Crippen LogP contribution in [-0.4, -0.2) is 43.6 Å². The first-order chi connectivity index (χ1) is 9.58. The van der Waals surface area contributed by atoms with E-state index in [1.165, 1.54) is 5.56 Å². The fourth-order valence-corrected chi connectivity index (χ4v) is 2.38. The molecule has 0 bridgehead atoms. The summed E-state index contributed by atoms with van der Waals surface area (Å²) in [6.07, 6.45) is 1.02. The first-order valence-corrected chi connectivity index (χ1v) is 7.27. The molecule has 1 aromatic rings. The summed E-state index contributed by atoms with van der Waals surface area (Å²) in [6, 6.07) is 8.26. The predicted molar refractivity (Wildman–Crippen MR) is 87.3 cm³/mol. The van der Waals surface area contributed by atoms with Crippen LogP contribution < -0.4 is 10.1 Å². The van der Waals surface area contributed by atoms with Crippen LogP contribution in [0.2, 0.25) is 0 Å². The van der Waals surface area contributed by atoms with E-state index in [1.54, 1.807) is 4.90 Å². The van der Waals surface area contributed by atoms with Gasteiger partial charge < -0.3 is 15.0 Å². The molecule has 0 aromatic heterocycles. The number of benzene rings is 1. The second kappa shape index (κ2) is 8.25. The molecule has 0 spiro atoms. The van der Waals surface area contributed by atoms with Crippen molar-refractivity contribution in [3.8, 4) is 5.75 Å². The van der Waals surface area contributed by atoms with Gasteiger partial charge in [0, 0.05) is 19.6 Å². The molecule has 2 rings (SSSR count). The Balaban J connectivity index is 0.00000220. The summed E-state index contributed by atoms with van der Waals surface area (Å²) in [4.78, 5) is 13.9. The Morgan fingerprint density at radius 2 is 2.24 bits per heavy atom. The number of halogens is 1. The van der Waals surface area contributed by atoms with E-state index in [0.29, 0.717) is 12.0 Å². The molecule has 21 heavy (non-hydrogen) atoms. The maximum atomic E-state index is 12.1. The molecule has 4 nitrogen and oxygen atoms in total. The molecule has 118 valence electrons. The lowest BCUT2D eigenvalue weighted by Gasteiger charge is -2.23. The van der Waals surface area contributed by atoms with Gasteiger partial charge in [0.25, 0.3) is 5.91 Å². The van der Waals surface area contributed by atoms with Gasteiger partial charge in [0.15, 0.2) is 6.61 Å². The zero-order chi connectivity index (χ0) is 14.5. The number of hydrogen-bond donors (Lipinski definition) is 1. The third-order valence-electron chi connectivity index (χ3n) is 3.86. The zero-order valence-corrected chi connectivity index (χ0v) is 13.8. The average molecular weight is 313 g/mol. The van der Waals surface area contributed by atoms with E-state index in [1.807, 2.05) is 25.2 Å². The number of amides is 1. The summed E-state index contributed by atoms with van der Waals surface area (Å²) in [6.45, 7) is 6.26. The number of nitrogens with one attached hydrogen (secondary N) is 1. The Morgan fingerprint density at radius 3 is 2.86 bits per heavy atom. The fourth-order valence-electron chi connectivity index (χ4n) is 2.38. The minimum absolute atomic E-state index is 0. The molecule has 1 aliphatic heterocycles. The first-order valence-electron chi connectivity index (χ1n) is 7.27. The van der Waals surface area contributed by atoms with Gasteiger partial charge in [-0.1, -0.05) is 26.0 Å². The quantitative estimate of drug-likeness (QED) is 0.908. The lowest BCUT2D eigenvalue weighted by Crippen LogP contribution is -2.40. The van der Waals surface area contributed by atoms with Gasteiger partial charge >= 0.3 is 0 Å². The zero-order valence-electron chi connectivity index (χ0n) is 13.0. The summed E-state index contributed by atoms with van der Waals surface area (Å²) >= 11 is 0. The Kier molecular flexibility index (Phi) is 6.99. The van der Waals surface area contributed by atoms with E-state index in [2.05, 4.69) is 25.2 Å². The van der Waals surface area contributed by atoms with Crippen molar-refractivity contribution in [2.24, 2.45) is 0 Å². The van der Waals surface area contributed by atoms with Crippen LogP contribution in [0, 0.1) is 0 Å². The SMILES string of the molecule is CC(C)c1cccc(OCC(=O)N(C)C2CCNC2)c1.Cl. The second-order valence-corrected chi connectivity index (χ2v) is 5.67. The van der Waals surface area contributed by atoms with Crippen LogP contribution in [0.25, 0.3) is 0 Å². The minimum Gasteiger partial charge on any atom is -0.484 e. The molecular formula is C16H25ClN2O2. The molecule has 5 heteroatoms. The van der Waals surface area contributed by atoms with Gasteiger partial charge in [0.05, 0.1) is 0 Å². The second-order valence-electron chi connectivity index (χ2n) is 5.67. The highest BCUT2D eigenvalue weighted by molar-refractivity contribution is 5.85. The topological polar surface area (TPSA) is 41.6 Å². The smallest absolute Gasteiger partial charge is 0.260 e. The Hall–Kier alpha value is -1.26. The van der Waals surface area contributed by atoms with Crippen LogP contribution >= 0.6 is 12.4 Å². The van der Waals surface area contributed by atoms with E-state index in [9.17, 15) is 4.79 Å². The van der Waals surface area contributed by atoms with Gasteiger partial charge in [-0.25, -0.2) is 0 Å². The predicted octanol–water partition coefficient (Wildman–Crippen LogP) is 2.43. The highest BCUT2D eigenvalue weighted by atomic mass is 35.5. The average Bonchev–Trinajstić information content (AvgIpc) is 2.98. The van der Waals surface area contributed by atoms with Crippen LogP contribution in [0.4, 0.5) is 0 Å². The van der Waals surface area contributed by atoms with E-state index in [4.69, 9.17) is 4.74 Å². The molecule has 1 unspecified atom stereocenters. The molecular weight excluding hydrogens is 288 g/mol. The summed E-state index contributed by atoms with van der Waals surface area (Å²) < 4.78 is 5.63. The lowest BCUT2D eigenvalue weighted by molar-refractivity contribution is -0.133. The summed E-state index contributed by atoms with van der Waals surface area (Å²) in [7, 11) is 1.86. The lowest BCUT2D eigenvalue weighted by atomic mass is 10.0. The Bertz CT molecular complexity index is 459. The van der Waals surface area contributed by atoms with Crippen LogP contribution in [0.1, 0.15) is 31.7 Å². The van der Waals surface area contributed by atoms with Gasteiger partial charge in [0.1, 0.15) is 5.75 Å². The van der Waals surface area contributed by atoms with Crippen LogP contribution in [0.3, 0.4) is 0 Å². The molecule has 1 fully saturated rings. The van der Waals surface area contributed by atoms with Crippen molar-refractivity contribution in [3.63, 3.8) is 0 Å². The molecule has 0 saturated carbocycles. The monoisotopic (exact) mass is 312 g/mol. The molecule has 0 aliphatic carbocycles. The van der Waals surface area contributed by atoms with E-state index < -0.39 is 0 Å². The van der Waals surface area contributed by atoms with Gasteiger partial charge in [-0.15, -0.1) is 12.4 Å². The normalized spacial score (nSPS) is 17.4. The maximum Gasteiger partial charge on any atom is 0.260 e. The number of carbonyl (C=O) groups is 1. The first kappa shape index (κ1) is 17.8. The van der Waals surface area contributed by atoms with Crippen molar-refractivity contribution in [3.05, 3.63) is 29.8 Å². The van der Waals surface area contributed by atoms with Crippen LogP contribution in [0.5, 0.6) is 5.75 Å². The van der Waals surface area contributed by atoms with Crippen molar-refractivity contribution in [1.29, 1.82) is 0 Å². The van der Waals surface area contributed by atoms with Crippen LogP contribution in [-0.2, 0) is 4.79 Å². The number of ether oxygens (including phenoxy) is 1. The minimum atomic E-state index is 0. The number of hydrogen-bond acceptors (Lipinski definition) is 3. The Morgan fingerprint density at radius 1 is 1.48 bits per heavy atom. The van der Waals surface area contributed by atoms with Crippen molar-refractivity contribution < 1.29 is 9.53 Å². The van der Waals surface area contributed by atoms with E-state index >= 15 is 0 Å². The number of nitrogens with zero attached hydrogens (tertiary/aromatic N) is 1. The van der Waals surface area contributed by atoms with Gasteiger partial charge in [-0.3, -0.25) is 4.79 Å². The summed E-state index contributed by atoms with van der Waals surface area (Å²) in [5, 5.41) is 3.27. The standard InChI is InChI=1S/C16H24N2O2.ClH/c1-12(2)13-5-4-6-15(9-13)20-11-16(19)18(3)14-7-8-17-10-14;/h4-6,9,12,14,17H,7-8,10-11H2,1-3H3;1H. The van der Waals surface area contributed by atoms with Crippen molar-refractivity contribution in [1.82, 2.24) is 10.2 Å². The molecule has 1 aromatic carbocycles. The molecule has 1 aliphatic rings. The third-order valence-corrected chi connectivity index (χ3v) is 3.86. The van der Waals surface area contributed by atoms with Crippen molar-refractivity contribution >= 4 is 18.3 Å². The fraction of sp³-hybridized carbons (Fsp3) is 0.562. The number of likely N-dealkylation sites (N-methyl/N-ethyl adjacent to an activating group) is 1. The molecule has 1 atom stereocenters. The molecule has 1 amide bonds. The molecule has 1 saturated heterocycles. The largest absolute Gasteiger partial charge is 0.484 e. The Labute approximate surface area is 133 Å². The van der Waals surface area contributed by atoms with E-state index in [-0.39, 0.29) is 24.9 Å². The third kappa shape index (κ3) is 4.90. The molecule has 1 heterocycles. The number of carbonyl (C=O) groups excluding carboxylic acids is 1. The van der Waals surface area contributed by atoms with Gasteiger partial charge in [-0.2, -0.15) is 0 Å². The summed E-state index contributed by atoms with van der Waals surface area (Å²) in [5.74, 6) is 1.26. The number of rotatable bonds is 5. The van der Waals surface area contributed by atoms with Crippen molar-refractivity contribution in [2.45, 2.75) is 32.2 Å². The van der Waals surface area contributed by atoms with Gasteiger partial charge in [0.2, 0.25) is 0 Å². The van der Waals surface area contributed by atoms with Crippen molar-refractivity contribution in [2.75, 3.05) is 26.7 Å². The van der Waals surface area contributed by atoms with E-state index in [0.717, 1.165) is 25.3 Å². The molecule has 0 radical (unpaired) electrons. The van der Waals surface area contributed by atoms with Gasteiger partial charge in [-0.05, 0) is 36.6 Å². The highest BCUT2D eigenvalue weighted by Gasteiger charge is 2.23.